The molecule has 0 bridgehead atoms. The molecule has 0 saturated carbocycles. The third-order valence-electron chi connectivity index (χ3n) is 5.15. The van der Waals surface area contributed by atoms with E-state index < -0.39 is 16.1 Å². The quantitative estimate of drug-likeness (QED) is 0.634. The number of aromatic nitrogens is 1. The van der Waals surface area contributed by atoms with Crippen molar-refractivity contribution in [2.24, 2.45) is 0 Å². The molecular weight excluding hydrogens is 418 g/mol. The predicted octanol–water partition coefficient (Wildman–Crippen LogP) is 3.59. The maximum atomic E-state index is 13.0. The van der Waals surface area contributed by atoms with Gasteiger partial charge in [0.2, 0.25) is 15.9 Å². The molecule has 4 rings (SSSR count). The largest absolute Gasteiger partial charge is 0.349 e. The van der Waals surface area contributed by atoms with Gasteiger partial charge < -0.3 is 5.32 Å². The number of amides is 1. The van der Waals surface area contributed by atoms with Crippen molar-refractivity contribution in [2.75, 3.05) is 6.54 Å². The summed E-state index contributed by atoms with van der Waals surface area (Å²) >= 11 is 1.52. The number of rotatable bonds is 6. The highest BCUT2D eigenvalue weighted by atomic mass is 32.2. The average molecular weight is 442 g/mol. The molecule has 2 aromatic carbocycles. The lowest BCUT2D eigenvalue weighted by molar-refractivity contribution is -0.124. The zero-order valence-electron chi connectivity index (χ0n) is 16.6. The molecule has 0 radical (unpaired) electrons. The van der Waals surface area contributed by atoms with Crippen molar-refractivity contribution < 1.29 is 13.2 Å². The molecular formula is C22H23N3O3S2. The van der Waals surface area contributed by atoms with Gasteiger partial charge in [0.1, 0.15) is 11.0 Å². The lowest BCUT2D eigenvalue weighted by atomic mass is 10.2. The first-order valence-electron chi connectivity index (χ1n) is 9.81. The summed E-state index contributed by atoms with van der Waals surface area (Å²) in [6.07, 6.45) is 1.18. The molecule has 6 nitrogen and oxygen atoms in total. The van der Waals surface area contributed by atoms with Crippen molar-refractivity contribution in [1.29, 1.82) is 0 Å². The summed E-state index contributed by atoms with van der Waals surface area (Å²) < 4.78 is 27.4. The minimum Gasteiger partial charge on any atom is -0.349 e. The molecule has 3 aromatic rings. The standard InChI is InChI=1S/C22H23N3O3S2/c1-16-9-11-19(12-10-16)30(27,28)25-13-5-8-20(25)21(26)23-14-18-15-29-22(24-18)17-6-3-2-4-7-17/h2-4,6-7,9-12,15,20H,5,8,13-14H2,1H3,(H,23,26). The SMILES string of the molecule is Cc1ccc(S(=O)(=O)N2CCCC2C(=O)NCc2csc(-c3ccccc3)n2)cc1. The van der Waals surface area contributed by atoms with E-state index >= 15 is 0 Å². The van der Waals surface area contributed by atoms with E-state index in [1.54, 1.807) is 24.3 Å². The van der Waals surface area contributed by atoms with E-state index in [9.17, 15) is 13.2 Å². The Hall–Kier alpha value is -2.55. The molecule has 1 saturated heterocycles. The van der Waals surface area contributed by atoms with Gasteiger partial charge in [-0.15, -0.1) is 11.3 Å². The molecule has 1 N–H and O–H groups in total. The number of thiazole rings is 1. The molecule has 30 heavy (non-hydrogen) atoms. The van der Waals surface area contributed by atoms with Gasteiger partial charge in [-0.1, -0.05) is 48.0 Å². The smallest absolute Gasteiger partial charge is 0.243 e. The predicted molar refractivity (Wildman–Crippen MR) is 117 cm³/mol. The lowest BCUT2D eigenvalue weighted by Crippen LogP contribution is -2.45. The fourth-order valence-corrected chi connectivity index (χ4v) is 6.01. The van der Waals surface area contributed by atoms with Gasteiger partial charge in [0.15, 0.2) is 0 Å². The first-order chi connectivity index (χ1) is 14.4. The Balaban J connectivity index is 1.43. The monoisotopic (exact) mass is 441 g/mol. The van der Waals surface area contributed by atoms with E-state index in [4.69, 9.17) is 0 Å². The third kappa shape index (κ3) is 4.30. The van der Waals surface area contributed by atoms with Crippen LogP contribution in [0, 0.1) is 6.92 Å². The molecule has 1 aliphatic heterocycles. The topological polar surface area (TPSA) is 79.4 Å². The highest BCUT2D eigenvalue weighted by Crippen LogP contribution is 2.27. The number of hydrogen-bond acceptors (Lipinski definition) is 5. The van der Waals surface area contributed by atoms with Crippen LogP contribution in [0.4, 0.5) is 0 Å². The van der Waals surface area contributed by atoms with Crippen LogP contribution in [0.3, 0.4) is 0 Å². The first kappa shape index (κ1) is 20.7. The number of carbonyl (C=O) groups is 1. The van der Waals surface area contributed by atoms with Crippen LogP contribution in [-0.2, 0) is 21.4 Å². The first-order valence-corrected chi connectivity index (χ1v) is 12.1. The van der Waals surface area contributed by atoms with Crippen LogP contribution in [0.2, 0.25) is 0 Å². The van der Waals surface area contributed by atoms with Crippen LogP contribution in [0.25, 0.3) is 10.6 Å². The Labute approximate surface area is 180 Å². The number of hydrogen-bond donors (Lipinski definition) is 1. The summed E-state index contributed by atoms with van der Waals surface area (Å²) in [4.78, 5) is 17.6. The molecule has 1 unspecified atom stereocenters. The van der Waals surface area contributed by atoms with Gasteiger partial charge in [-0.2, -0.15) is 4.31 Å². The maximum Gasteiger partial charge on any atom is 0.243 e. The molecule has 1 amide bonds. The maximum absolute atomic E-state index is 13.0. The number of aryl methyl sites for hydroxylation is 1. The third-order valence-corrected chi connectivity index (χ3v) is 8.01. The summed E-state index contributed by atoms with van der Waals surface area (Å²) in [7, 11) is -3.71. The average Bonchev–Trinajstić information content (AvgIpc) is 3.43. The van der Waals surface area contributed by atoms with Gasteiger partial charge in [-0.25, -0.2) is 13.4 Å². The van der Waals surface area contributed by atoms with Crippen LogP contribution in [0.15, 0.2) is 64.9 Å². The van der Waals surface area contributed by atoms with E-state index in [0.29, 0.717) is 19.4 Å². The number of nitrogens with zero attached hydrogens (tertiary/aromatic N) is 2. The second kappa shape index (κ2) is 8.67. The zero-order valence-corrected chi connectivity index (χ0v) is 18.2. The Morgan fingerprint density at radius 1 is 1.17 bits per heavy atom. The molecule has 0 aliphatic carbocycles. The van der Waals surface area contributed by atoms with E-state index in [1.165, 1.54) is 15.6 Å². The fraction of sp³-hybridized carbons (Fsp3) is 0.273. The fourth-order valence-electron chi connectivity index (χ4n) is 3.53. The van der Waals surface area contributed by atoms with Crippen LogP contribution >= 0.6 is 11.3 Å². The van der Waals surface area contributed by atoms with Crippen molar-refractivity contribution in [1.82, 2.24) is 14.6 Å². The molecule has 2 heterocycles. The molecule has 1 aromatic heterocycles. The van der Waals surface area contributed by atoms with Gasteiger partial charge >= 0.3 is 0 Å². The number of benzene rings is 2. The van der Waals surface area contributed by atoms with E-state index in [0.717, 1.165) is 21.8 Å². The Kier molecular flexibility index (Phi) is 5.99. The number of nitrogens with one attached hydrogen (secondary N) is 1. The second-order valence-corrected chi connectivity index (χ2v) is 10.1. The van der Waals surface area contributed by atoms with Crippen molar-refractivity contribution in [3.8, 4) is 10.6 Å². The molecule has 1 fully saturated rings. The summed E-state index contributed by atoms with van der Waals surface area (Å²) in [5.74, 6) is -0.280. The second-order valence-electron chi connectivity index (χ2n) is 7.31. The van der Waals surface area contributed by atoms with Crippen LogP contribution < -0.4 is 5.32 Å². The van der Waals surface area contributed by atoms with E-state index in [2.05, 4.69) is 10.3 Å². The summed E-state index contributed by atoms with van der Waals surface area (Å²) in [5, 5.41) is 5.68. The molecule has 1 atom stereocenters. The highest BCUT2D eigenvalue weighted by Gasteiger charge is 2.39. The Morgan fingerprint density at radius 3 is 2.63 bits per heavy atom. The highest BCUT2D eigenvalue weighted by molar-refractivity contribution is 7.89. The van der Waals surface area contributed by atoms with Gasteiger partial charge in [0, 0.05) is 17.5 Å². The Bertz CT molecular complexity index is 1130. The molecule has 156 valence electrons. The number of carbonyl (C=O) groups excluding carboxylic acids is 1. The van der Waals surface area contributed by atoms with Crippen LogP contribution in [-0.4, -0.2) is 36.2 Å². The molecule has 1 aliphatic rings. The Morgan fingerprint density at radius 2 is 1.90 bits per heavy atom. The van der Waals surface area contributed by atoms with E-state index in [-0.39, 0.29) is 17.3 Å². The zero-order chi connectivity index (χ0) is 21.1. The van der Waals surface area contributed by atoms with E-state index in [1.807, 2.05) is 42.6 Å². The van der Waals surface area contributed by atoms with Gasteiger partial charge in [-0.05, 0) is 31.9 Å². The van der Waals surface area contributed by atoms with Gasteiger partial charge in [0.05, 0.1) is 17.1 Å². The summed E-state index contributed by atoms with van der Waals surface area (Å²) in [5.41, 5.74) is 2.78. The summed E-state index contributed by atoms with van der Waals surface area (Å²) in [6.45, 7) is 2.53. The van der Waals surface area contributed by atoms with Crippen molar-refractivity contribution in [3.63, 3.8) is 0 Å². The molecule has 8 heteroatoms. The van der Waals surface area contributed by atoms with Gasteiger partial charge in [-0.3, -0.25) is 4.79 Å². The molecule has 0 spiro atoms. The minimum absolute atomic E-state index is 0.222. The minimum atomic E-state index is -3.71. The normalized spacial score (nSPS) is 17.2. The van der Waals surface area contributed by atoms with Crippen molar-refractivity contribution in [2.45, 2.75) is 37.2 Å². The lowest BCUT2D eigenvalue weighted by Gasteiger charge is -2.23. The summed E-state index contributed by atoms with van der Waals surface area (Å²) in [6, 6.07) is 15.9. The van der Waals surface area contributed by atoms with Crippen molar-refractivity contribution in [3.05, 3.63) is 71.2 Å². The van der Waals surface area contributed by atoms with Crippen LogP contribution in [0.5, 0.6) is 0 Å². The van der Waals surface area contributed by atoms with Gasteiger partial charge in [0.25, 0.3) is 0 Å². The van der Waals surface area contributed by atoms with Crippen molar-refractivity contribution >= 4 is 27.3 Å². The van der Waals surface area contributed by atoms with Crippen LogP contribution in [0.1, 0.15) is 24.1 Å². The number of sulfonamides is 1.